The highest BCUT2D eigenvalue weighted by molar-refractivity contribution is 6.00. The molecule has 2 aromatic heterocycles. The van der Waals surface area contributed by atoms with Gasteiger partial charge in [0.05, 0.1) is 29.3 Å². The molecule has 0 atom stereocenters. The third-order valence-corrected chi connectivity index (χ3v) is 6.56. The van der Waals surface area contributed by atoms with E-state index in [4.69, 9.17) is 4.74 Å². The summed E-state index contributed by atoms with van der Waals surface area (Å²) < 4.78 is 8.26. The molecule has 0 unspecified atom stereocenters. The molecule has 0 amide bonds. The van der Waals surface area contributed by atoms with E-state index in [-0.39, 0.29) is 5.78 Å². The van der Waals surface area contributed by atoms with Crippen LogP contribution < -0.4 is 9.64 Å². The van der Waals surface area contributed by atoms with Gasteiger partial charge in [0.1, 0.15) is 23.5 Å². The van der Waals surface area contributed by atoms with Crippen LogP contribution in [0.3, 0.4) is 0 Å². The minimum absolute atomic E-state index is 0.178. The Bertz CT molecular complexity index is 1320. The fraction of sp³-hybridized carbons (Fsp3) is 0.280. The van der Waals surface area contributed by atoms with Gasteiger partial charge in [0.2, 0.25) is 0 Å². The first-order chi connectivity index (χ1) is 15.6. The summed E-state index contributed by atoms with van der Waals surface area (Å²) in [5, 5.41) is 5.49. The van der Waals surface area contributed by atoms with E-state index in [1.807, 2.05) is 66.3 Å². The smallest absolute Gasteiger partial charge is 0.170 e. The largest absolute Gasteiger partial charge is 0.486 e. The third kappa shape index (κ3) is 3.04. The molecule has 6 rings (SSSR count). The van der Waals surface area contributed by atoms with Crippen LogP contribution in [-0.4, -0.2) is 44.2 Å². The summed E-state index contributed by atoms with van der Waals surface area (Å²) in [4.78, 5) is 24.2. The number of piperidine rings is 1. The topological polar surface area (TPSA) is 73.1 Å². The zero-order valence-electron chi connectivity index (χ0n) is 17.9. The van der Waals surface area contributed by atoms with E-state index in [0.717, 1.165) is 54.0 Å². The van der Waals surface area contributed by atoms with Gasteiger partial charge in [0, 0.05) is 25.9 Å². The number of rotatable bonds is 2. The highest BCUT2D eigenvalue weighted by Crippen LogP contribution is 2.40. The van der Waals surface area contributed by atoms with Crippen molar-refractivity contribution in [2.24, 2.45) is 0 Å². The van der Waals surface area contributed by atoms with E-state index in [1.165, 1.54) is 0 Å². The van der Waals surface area contributed by atoms with Crippen LogP contribution in [0.25, 0.3) is 16.7 Å². The first kappa shape index (κ1) is 19.0. The van der Waals surface area contributed by atoms with Gasteiger partial charge < -0.3 is 9.64 Å². The van der Waals surface area contributed by atoms with Gasteiger partial charge in [0.25, 0.3) is 0 Å². The Hall–Kier alpha value is -3.74. The zero-order valence-corrected chi connectivity index (χ0v) is 17.9. The van der Waals surface area contributed by atoms with E-state index in [1.54, 1.807) is 6.33 Å². The van der Waals surface area contributed by atoms with E-state index in [0.29, 0.717) is 17.7 Å². The highest BCUT2D eigenvalue weighted by atomic mass is 16.5. The summed E-state index contributed by atoms with van der Waals surface area (Å²) in [6.45, 7) is 3.52. The van der Waals surface area contributed by atoms with Crippen LogP contribution in [0, 0.1) is 6.92 Å². The number of ketones is 1. The van der Waals surface area contributed by atoms with Gasteiger partial charge in [-0.05, 0) is 31.2 Å². The lowest BCUT2D eigenvalue weighted by Crippen LogP contribution is -2.51. The normalized spacial score (nSPS) is 17.4. The summed E-state index contributed by atoms with van der Waals surface area (Å²) in [6, 6.07) is 15.8. The Balaban J connectivity index is 1.27. The van der Waals surface area contributed by atoms with Crippen molar-refractivity contribution in [3.63, 3.8) is 0 Å². The monoisotopic (exact) mass is 425 g/mol. The predicted molar refractivity (Wildman–Crippen MR) is 122 cm³/mol. The van der Waals surface area contributed by atoms with Crippen LogP contribution in [0.5, 0.6) is 5.75 Å². The van der Waals surface area contributed by atoms with Gasteiger partial charge in [-0.25, -0.2) is 14.6 Å². The first-order valence-corrected chi connectivity index (χ1v) is 10.9. The standard InChI is InChI=1S/C25H23N5O2/c1-17-7-8-22-19(13-17)21(31)14-25(32-22)9-11-29(12-10-25)23-20-15-28-30(24(20)27-16-26-23)18-5-3-2-4-6-18/h2-8,13,15-16H,9-12,14H2,1H3. The van der Waals surface area contributed by atoms with Gasteiger partial charge in [-0.3, -0.25) is 4.79 Å². The Kier molecular flexibility index (Phi) is 4.24. The number of benzene rings is 2. The number of ether oxygens (including phenoxy) is 1. The van der Waals surface area contributed by atoms with Crippen molar-refractivity contribution in [3.8, 4) is 11.4 Å². The molecule has 1 saturated heterocycles. The first-order valence-electron chi connectivity index (χ1n) is 10.9. The molecule has 4 aromatic rings. The summed E-state index contributed by atoms with van der Waals surface area (Å²) >= 11 is 0. The van der Waals surface area contributed by atoms with Crippen LogP contribution in [0.1, 0.15) is 35.2 Å². The summed E-state index contributed by atoms with van der Waals surface area (Å²) in [5.74, 6) is 1.77. The maximum absolute atomic E-state index is 12.8. The van der Waals surface area contributed by atoms with E-state index < -0.39 is 5.60 Å². The van der Waals surface area contributed by atoms with Gasteiger partial charge >= 0.3 is 0 Å². The molecule has 1 spiro atoms. The number of aromatic nitrogens is 4. The number of aryl methyl sites for hydroxylation is 1. The van der Waals surface area contributed by atoms with Crippen molar-refractivity contribution in [2.45, 2.75) is 31.8 Å². The highest BCUT2D eigenvalue weighted by Gasteiger charge is 2.43. The molecule has 2 aliphatic rings. The van der Waals surface area contributed by atoms with Crippen molar-refractivity contribution in [1.29, 1.82) is 0 Å². The number of fused-ring (bicyclic) bond motifs is 2. The average molecular weight is 425 g/mol. The maximum atomic E-state index is 12.8. The Labute approximate surface area is 185 Å². The molecule has 32 heavy (non-hydrogen) atoms. The molecule has 0 aliphatic carbocycles. The molecule has 0 saturated carbocycles. The van der Waals surface area contributed by atoms with Crippen molar-refractivity contribution in [2.75, 3.05) is 18.0 Å². The summed E-state index contributed by atoms with van der Waals surface area (Å²) in [5.41, 5.74) is 3.11. The van der Waals surface area contributed by atoms with Gasteiger partial charge in [-0.2, -0.15) is 5.10 Å². The van der Waals surface area contributed by atoms with Crippen LogP contribution in [0.2, 0.25) is 0 Å². The second-order valence-corrected chi connectivity index (χ2v) is 8.70. The number of nitrogens with zero attached hydrogens (tertiary/aromatic N) is 5. The van der Waals surface area contributed by atoms with E-state index in [9.17, 15) is 4.79 Å². The molecule has 4 heterocycles. The number of Topliss-reactive ketones (excluding diaryl/α,β-unsaturated/α-hetero) is 1. The Morgan fingerprint density at radius 3 is 2.66 bits per heavy atom. The fourth-order valence-electron chi connectivity index (χ4n) is 4.85. The van der Waals surface area contributed by atoms with Crippen LogP contribution in [0.15, 0.2) is 61.1 Å². The number of carbonyl (C=O) groups excluding carboxylic acids is 1. The Morgan fingerprint density at radius 2 is 1.84 bits per heavy atom. The number of anilines is 1. The second kappa shape index (κ2) is 7.15. The van der Waals surface area contributed by atoms with Crippen LogP contribution in [-0.2, 0) is 0 Å². The second-order valence-electron chi connectivity index (χ2n) is 8.70. The van der Waals surface area contributed by atoms with Crippen molar-refractivity contribution >= 4 is 22.6 Å². The van der Waals surface area contributed by atoms with Crippen LogP contribution in [0.4, 0.5) is 5.82 Å². The minimum Gasteiger partial charge on any atom is -0.486 e. The number of hydrogen-bond acceptors (Lipinski definition) is 6. The Morgan fingerprint density at radius 1 is 1.03 bits per heavy atom. The van der Waals surface area contributed by atoms with Gasteiger partial charge in [-0.1, -0.05) is 29.8 Å². The molecule has 1 fully saturated rings. The predicted octanol–water partition coefficient (Wildman–Crippen LogP) is 4.13. The number of carbonyl (C=O) groups is 1. The lowest BCUT2D eigenvalue weighted by Gasteiger charge is -2.44. The number of hydrogen-bond donors (Lipinski definition) is 0. The summed E-state index contributed by atoms with van der Waals surface area (Å²) in [6.07, 6.45) is 5.40. The fourth-order valence-corrected chi connectivity index (χ4v) is 4.85. The molecule has 0 bridgehead atoms. The molecule has 0 N–H and O–H groups in total. The minimum atomic E-state index is -0.434. The molecule has 7 nitrogen and oxygen atoms in total. The van der Waals surface area contributed by atoms with E-state index >= 15 is 0 Å². The van der Waals surface area contributed by atoms with Crippen LogP contribution >= 0.6 is 0 Å². The molecule has 2 aliphatic heterocycles. The maximum Gasteiger partial charge on any atom is 0.170 e. The molecule has 0 radical (unpaired) electrons. The quantitative estimate of drug-likeness (QED) is 0.481. The third-order valence-electron chi connectivity index (χ3n) is 6.56. The van der Waals surface area contributed by atoms with Crippen molar-refractivity contribution in [1.82, 2.24) is 19.7 Å². The molecule has 7 heteroatoms. The molecule has 160 valence electrons. The van der Waals surface area contributed by atoms with Crippen molar-refractivity contribution < 1.29 is 9.53 Å². The molecule has 2 aromatic carbocycles. The van der Waals surface area contributed by atoms with Gasteiger partial charge in [0.15, 0.2) is 11.4 Å². The zero-order chi connectivity index (χ0) is 21.7. The number of para-hydroxylation sites is 1. The van der Waals surface area contributed by atoms with E-state index in [2.05, 4.69) is 20.0 Å². The van der Waals surface area contributed by atoms with Crippen molar-refractivity contribution in [3.05, 3.63) is 72.2 Å². The average Bonchev–Trinajstić information content (AvgIpc) is 3.25. The SMILES string of the molecule is Cc1ccc2c(c1)C(=O)CC1(CCN(c3ncnc4c3cnn4-c3ccccc3)CC1)O2. The molecular weight excluding hydrogens is 402 g/mol. The van der Waals surface area contributed by atoms with Gasteiger partial charge in [-0.15, -0.1) is 0 Å². The lowest BCUT2D eigenvalue weighted by molar-refractivity contribution is 0.0231. The summed E-state index contributed by atoms with van der Waals surface area (Å²) in [7, 11) is 0. The lowest BCUT2D eigenvalue weighted by atomic mass is 9.82. The molecular formula is C25H23N5O2.